The van der Waals surface area contributed by atoms with Crippen molar-refractivity contribution in [1.82, 2.24) is 0 Å². The number of nitrogen functional groups attached to an aromatic ring is 1. The van der Waals surface area contributed by atoms with Crippen molar-refractivity contribution in [2.24, 2.45) is 0 Å². The molecule has 196 valence electrons. The molecule has 6 nitrogen and oxygen atoms in total. The molecule has 1 unspecified atom stereocenters. The summed E-state index contributed by atoms with van der Waals surface area (Å²) in [6.07, 6.45) is -0.0256. The number of ether oxygens (including phenoxy) is 1. The molecule has 1 atom stereocenters. The van der Waals surface area contributed by atoms with Gasteiger partial charge in [0.15, 0.2) is 0 Å². The topological polar surface area (TPSA) is 95.7 Å². The highest BCUT2D eigenvalue weighted by Crippen LogP contribution is 2.33. The van der Waals surface area contributed by atoms with Crippen LogP contribution in [0.1, 0.15) is 42.1 Å². The summed E-state index contributed by atoms with van der Waals surface area (Å²) in [4.78, 5) is 12.4. The lowest BCUT2D eigenvalue weighted by Crippen LogP contribution is -2.14. The van der Waals surface area contributed by atoms with Crippen molar-refractivity contribution in [3.05, 3.63) is 120 Å². The molecule has 38 heavy (non-hydrogen) atoms. The van der Waals surface area contributed by atoms with Crippen molar-refractivity contribution in [2.75, 3.05) is 5.73 Å². The molecule has 4 aromatic rings. The van der Waals surface area contributed by atoms with E-state index in [1.807, 2.05) is 79.7 Å². The Kier molecular flexibility index (Phi) is 8.94. The number of anilines is 1. The van der Waals surface area contributed by atoms with Crippen LogP contribution in [0.25, 0.3) is 11.1 Å². The number of hydrogen-bond donors (Lipinski definition) is 1. The first-order valence-electron chi connectivity index (χ1n) is 12.5. The third-order valence-corrected chi connectivity index (χ3v) is 7.51. The lowest BCUT2D eigenvalue weighted by Gasteiger charge is -2.19. The Morgan fingerprint density at radius 1 is 0.868 bits per heavy atom. The molecule has 0 bridgehead atoms. The first-order valence-corrected chi connectivity index (χ1v) is 13.9. The van der Waals surface area contributed by atoms with Gasteiger partial charge in [0.05, 0.1) is 4.90 Å². The van der Waals surface area contributed by atoms with Gasteiger partial charge in [-0.3, -0.25) is 8.98 Å². The summed E-state index contributed by atoms with van der Waals surface area (Å²) in [6.45, 7) is 2.08. The van der Waals surface area contributed by atoms with Gasteiger partial charge in [0.2, 0.25) is 0 Å². The smallest absolute Gasteiger partial charge is 0.306 e. The third-order valence-electron chi connectivity index (χ3n) is 6.17. The highest BCUT2D eigenvalue weighted by atomic mass is 32.2. The summed E-state index contributed by atoms with van der Waals surface area (Å²) in [5.41, 5.74) is 11.2. The van der Waals surface area contributed by atoms with Gasteiger partial charge < -0.3 is 10.5 Å². The Labute approximate surface area is 224 Å². The van der Waals surface area contributed by atoms with E-state index in [-0.39, 0.29) is 30.3 Å². The van der Waals surface area contributed by atoms with E-state index in [2.05, 4.69) is 0 Å². The molecular formula is C31H31NO5S. The first-order chi connectivity index (χ1) is 18.3. The second-order valence-electron chi connectivity index (χ2n) is 9.10. The Hall–Kier alpha value is -3.94. The van der Waals surface area contributed by atoms with E-state index in [1.165, 1.54) is 12.1 Å². The fraction of sp³-hybridized carbons (Fsp3) is 0.194. The predicted octanol–water partition coefficient (Wildman–Crippen LogP) is 6.60. The molecule has 0 aliphatic rings. The van der Waals surface area contributed by atoms with Crippen LogP contribution in [0.3, 0.4) is 0 Å². The number of nitrogens with two attached hydrogens (primary N) is 1. The van der Waals surface area contributed by atoms with Crippen LogP contribution in [0, 0.1) is 6.92 Å². The summed E-state index contributed by atoms with van der Waals surface area (Å²) in [7, 11) is -4.05. The van der Waals surface area contributed by atoms with Crippen LogP contribution < -0.4 is 5.73 Å². The number of hydrogen-bond acceptors (Lipinski definition) is 6. The summed E-state index contributed by atoms with van der Waals surface area (Å²) in [5, 5.41) is 0. The van der Waals surface area contributed by atoms with E-state index in [0.717, 1.165) is 22.3 Å². The summed E-state index contributed by atoms with van der Waals surface area (Å²) >= 11 is 0. The zero-order valence-corrected chi connectivity index (χ0v) is 22.1. The maximum absolute atomic E-state index is 13.1. The molecule has 0 aliphatic heterocycles. The summed E-state index contributed by atoms with van der Waals surface area (Å²) in [5.74, 6) is -0.354. The van der Waals surface area contributed by atoms with Gasteiger partial charge >= 0.3 is 5.97 Å². The van der Waals surface area contributed by atoms with Crippen molar-refractivity contribution in [3.8, 4) is 11.1 Å². The SMILES string of the molecule is Cc1ccc(S(=O)(=O)OC(CCCC(=O)OCc2ccccc2)c2ccc(-c3ccccc3)c(N)c2)cc1. The van der Waals surface area contributed by atoms with E-state index < -0.39 is 16.2 Å². The van der Waals surface area contributed by atoms with Crippen molar-refractivity contribution in [1.29, 1.82) is 0 Å². The molecule has 0 fully saturated rings. The number of benzene rings is 4. The molecule has 4 aromatic carbocycles. The molecule has 2 N–H and O–H groups in total. The van der Waals surface area contributed by atoms with Crippen LogP contribution in [0.4, 0.5) is 5.69 Å². The molecule has 0 radical (unpaired) electrons. The number of rotatable bonds is 11. The molecule has 7 heteroatoms. The number of aryl methyl sites for hydroxylation is 1. The second-order valence-corrected chi connectivity index (χ2v) is 10.7. The van der Waals surface area contributed by atoms with Crippen LogP contribution in [0.5, 0.6) is 0 Å². The van der Waals surface area contributed by atoms with Gasteiger partial charge in [-0.05, 0) is 54.7 Å². The van der Waals surface area contributed by atoms with Gasteiger partial charge in [-0.25, -0.2) is 0 Å². The van der Waals surface area contributed by atoms with Crippen molar-refractivity contribution < 1.29 is 22.1 Å². The zero-order chi connectivity index (χ0) is 27.0. The molecule has 4 rings (SSSR count). The Morgan fingerprint density at radius 2 is 1.53 bits per heavy atom. The summed E-state index contributed by atoms with van der Waals surface area (Å²) in [6, 6.07) is 31.1. The van der Waals surface area contributed by atoms with Crippen molar-refractivity contribution >= 4 is 21.8 Å². The van der Waals surface area contributed by atoms with Crippen LogP contribution >= 0.6 is 0 Å². The van der Waals surface area contributed by atoms with Gasteiger partial charge in [0.25, 0.3) is 10.1 Å². The quantitative estimate of drug-likeness (QED) is 0.134. The molecule has 0 spiro atoms. The maximum atomic E-state index is 13.1. The zero-order valence-electron chi connectivity index (χ0n) is 21.2. The average Bonchev–Trinajstić information content (AvgIpc) is 2.92. The molecule has 0 amide bonds. The van der Waals surface area contributed by atoms with Crippen molar-refractivity contribution in [3.63, 3.8) is 0 Å². The Balaban J connectivity index is 1.49. The van der Waals surface area contributed by atoms with Crippen LogP contribution in [-0.2, 0) is 30.4 Å². The van der Waals surface area contributed by atoms with Crippen LogP contribution in [-0.4, -0.2) is 14.4 Å². The third kappa shape index (κ3) is 7.31. The minimum Gasteiger partial charge on any atom is -0.461 e. The molecular weight excluding hydrogens is 498 g/mol. The van der Waals surface area contributed by atoms with Gasteiger partial charge in [-0.2, -0.15) is 8.42 Å². The van der Waals surface area contributed by atoms with Gasteiger partial charge in [-0.15, -0.1) is 0 Å². The van der Waals surface area contributed by atoms with Crippen LogP contribution in [0.2, 0.25) is 0 Å². The van der Waals surface area contributed by atoms with Crippen LogP contribution in [0.15, 0.2) is 108 Å². The molecule has 0 heterocycles. The fourth-order valence-corrected chi connectivity index (χ4v) is 5.18. The van der Waals surface area contributed by atoms with Gasteiger partial charge in [-0.1, -0.05) is 90.5 Å². The molecule has 0 aliphatic carbocycles. The minimum atomic E-state index is -4.05. The first kappa shape index (κ1) is 27.1. The average molecular weight is 530 g/mol. The van der Waals surface area contributed by atoms with E-state index in [4.69, 9.17) is 14.7 Å². The Morgan fingerprint density at radius 3 is 2.18 bits per heavy atom. The largest absolute Gasteiger partial charge is 0.461 e. The number of esters is 1. The van der Waals surface area contributed by atoms with E-state index in [1.54, 1.807) is 18.2 Å². The van der Waals surface area contributed by atoms with Crippen molar-refractivity contribution in [2.45, 2.75) is 43.8 Å². The Bertz CT molecular complexity index is 1450. The lowest BCUT2D eigenvalue weighted by molar-refractivity contribution is -0.145. The lowest BCUT2D eigenvalue weighted by atomic mass is 9.98. The monoisotopic (exact) mass is 529 g/mol. The number of carbonyl (C=O) groups is 1. The predicted molar refractivity (Wildman–Crippen MR) is 149 cm³/mol. The highest BCUT2D eigenvalue weighted by Gasteiger charge is 2.24. The fourth-order valence-electron chi connectivity index (χ4n) is 4.09. The van der Waals surface area contributed by atoms with E-state index in [0.29, 0.717) is 17.7 Å². The molecule has 0 saturated carbocycles. The van der Waals surface area contributed by atoms with Gasteiger partial charge in [0, 0.05) is 17.7 Å². The standard InChI is InChI=1S/C31H31NO5S/c1-23-15-18-27(19-16-23)38(34,35)37-30(13-8-14-31(33)36-22-24-9-4-2-5-10-24)26-17-20-28(29(32)21-26)25-11-6-3-7-12-25/h2-7,9-12,15-21,30H,8,13-14,22,32H2,1H3. The number of carbonyl (C=O) groups excluding carboxylic acids is 1. The maximum Gasteiger partial charge on any atom is 0.306 e. The van der Waals surface area contributed by atoms with E-state index >= 15 is 0 Å². The normalized spacial score (nSPS) is 12.1. The molecule has 0 aromatic heterocycles. The molecule has 0 saturated heterocycles. The van der Waals surface area contributed by atoms with Gasteiger partial charge in [0.1, 0.15) is 12.7 Å². The second kappa shape index (κ2) is 12.5. The van der Waals surface area contributed by atoms with E-state index in [9.17, 15) is 13.2 Å². The minimum absolute atomic E-state index is 0.0734. The highest BCUT2D eigenvalue weighted by molar-refractivity contribution is 7.86. The summed E-state index contributed by atoms with van der Waals surface area (Å²) < 4.78 is 37.3.